The molecule has 0 saturated heterocycles. The van der Waals surface area contributed by atoms with Gasteiger partial charge in [-0.15, -0.1) is 0 Å². The minimum Gasteiger partial charge on any atom is -0.287 e. The highest BCUT2D eigenvalue weighted by Gasteiger charge is 2.20. The number of halogens is 1. The van der Waals surface area contributed by atoms with Crippen molar-refractivity contribution in [3.63, 3.8) is 0 Å². The number of fused-ring (bicyclic) bond motifs is 1. The maximum absolute atomic E-state index is 12.7. The van der Waals surface area contributed by atoms with Gasteiger partial charge in [0.15, 0.2) is 0 Å². The summed E-state index contributed by atoms with van der Waals surface area (Å²) in [6.45, 7) is 0.000150. The third-order valence-corrected chi connectivity index (χ3v) is 5.16. The molecule has 0 fully saturated rings. The topological polar surface area (TPSA) is 70.0 Å². The third-order valence-electron chi connectivity index (χ3n) is 3.11. The zero-order chi connectivity index (χ0) is 15.0. The molecule has 3 rings (SSSR count). The van der Waals surface area contributed by atoms with Crippen LogP contribution >= 0.6 is 11.6 Å². The monoisotopic (exact) mass is 322 g/mol. The molecule has 2 aromatic rings. The van der Waals surface area contributed by atoms with Gasteiger partial charge in [-0.2, -0.15) is 0 Å². The summed E-state index contributed by atoms with van der Waals surface area (Å²) < 4.78 is 25.4. The minimum absolute atomic E-state index is 0.000150. The van der Waals surface area contributed by atoms with Crippen molar-refractivity contribution in [3.05, 3.63) is 58.1 Å². The van der Waals surface area contributed by atoms with Crippen LogP contribution in [-0.4, -0.2) is 25.4 Å². The Morgan fingerprint density at radius 2 is 1.86 bits per heavy atom. The Morgan fingerprint density at radius 1 is 1.14 bits per heavy atom. The van der Waals surface area contributed by atoms with E-state index in [4.69, 9.17) is 11.6 Å². The molecule has 1 heterocycles. The molecule has 7 heteroatoms. The van der Waals surface area contributed by atoms with E-state index >= 15 is 0 Å². The van der Waals surface area contributed by atoms with Crippen molar-refractivity contribution in [2.45, 2.75) is 9.79 Å². The van der Waals surface area contributed by atoms with Crippen molar-refractivity contribution in [1.82, 2.24) is 5.06 Å². The molecule has 0 spiro atoms. The Bertz CT molecular complexity index is 908. The Labute approximate surface area is 126 Å². The SMILES string of the molecule is O=S(=O)(c1ccc(Cl)cc1)c1cccc2c1=NCN(O)C=2. The number of hydrogen-bond acceptors (Lipinski definition) is 5. The van der Waals surface area contributed by atoms with Crippen LogP contribution in [0.4, 0.5) is 0 Å². The quantitative estimate of drug-likeness (QED) is 0.901. The van der Waals surface area contributed by atoms with E-state index in [0.717, 1.165) is 5.06 Å². The highest BCUT2D eigenvalue weighted by Crippen LogP contribution is 2.19. The first-order valence-electron chi connectivity index (χ1n) is 6.10. The van der Waals surface area contributed by atoms with Crippen LogP contribution in [0.2, 0.25) is 5.02 Å². The van der Waals surface area contributed by atoms with Crippen LogP contribution in [0.5, 0.6) is 0 Å². The Hall–Kier alpha value is -1.89. The minimum atomic E-state index is -3.69. The third kappa shape index (κ3) is 2.53. The summed E-state index contributed by atoms with van der Waals surface area (Å²) in [5, 5.41) is 11.7. The lowest BCUT2D eigenvalue weighted by Crippen LogP contribution is -2.37. The number of hydrogen-bond donors (Lipinski definition) is 1. The number of hydroxylamine groups is 2. The van der Waals surface area contributed by atoms with E-state index in [1.54, 1.807) is 12.1 Å². The van der Waals surface area contributed by atoms with E-state index in [0.29, 0.717) is 15.6 Å². The van der Waals surface area contributed by atoms with Crippen LogP contribution in [0, 0.1) is 0 Å². The largest absolute Gasteiger partial charge is 0.287 e. The van der Waals surface area contributed by atoms with Gasteiger partial charge in [0.05, 0.1) is 15.1 Å². The molecule has 0 radical (unpaired) electrons. The highest BCUT2D eigenvalue weighted by molar-refractivity contribution is 7.91. The molecule has 0 atom stereocenters. The fourth-order valence-corrected chi connectivity index (χ4v) is 3.68. The molecule has 1 N–H and O–H groups in total. The predicted molar refractivity (Wildman–Crippen MR) is 77.1 cm³/mol. The maximum atomic E-state index is 12.7. The average Bonchev–Trinajstić information content (AvgIpc) is 2.46. The fraction of sp³-hybridized carbons (Fsp3) is 0.0714. The van der Waals surface area contributed by atoms with Gasteiger partial charge in [0.25, 0.3) is 0 Å². The van der Waals surface area contributed by atoms with Crippen molar-refractivity contribution in [2.24, 2.45) is 4.99 Å². The summed E-state index contributed by atoms with van der Waals surface area (Å²) in [6.07, 6.45) is 1.45. The van der Waals surface area contributed by atoms with Gasteiger partial charge in [-0.25, -0.2) is 13.5 Å². The van der Waals surface area contributed by atoms with E-state index < -0.39 is 9.84 Å². The fourth-order valence-electron chi connectivity index (χ4n) is 2.11. The molecule has 0 amide bonds. The van der Waals surface area contributed by atoms with Crippen molar-refractivity contribution >= 4 is 27.6 Å². The van der Waals surface area contributed by atoms with Gasteiger partial charge in [0.1, 0.15) is 6.67 Å². The van der Waals surface area contributed by atoms with Crippen LogP contribution in [0.3, 0.4) is 0 Å². The summed E-state index contributed by atoms with van der Waals surface area (Å²) in [5.41, 5.74) is 0. The second-order valence-corrected chi connectivity index (χ2v) is 6.87. The zero-order valence-electron chi connectivity index (χ0n) is 10.8. The molecular weight excluding hydrogens is 312 g/mol. The Morgan fingerprint density at radius 3 is 2.57 bits per heavy atom. The highest BCUT2D eigenvalue weighted by atomic mass is 35.5. The molecule has 108 valence electrons. The molecule has 0 saturated carbocycles. The summed E-state index contributed by atoms with van der Waals surface area (Å²) in [7, 11) is -3.69. The van der Waals surface area contributed by atoms with Crippen LogP contribution in [0.1, 0.15) is 0 Å². The summed E-state index contributed by atoms with van der Waals surface area (Å²) in [5.74, 6) is 0. The first kappa shape index (κ1) is 14.1. The van der Waals surface area contributed by atoms with E-state index in [1.165, 1.54) is 36.5 Å². The Balaban J connectivity index is 2.25. The van der Waals surface area contributed by atoms with Gasteiger partial charge >= 0.3 is 0 Å². The van der Waals surface area contributed by atoms with Crippen molar-refractivity contribution in [3.8, 4) is 0 Å². The van der Waals surface area contributed by atoms with Gasteiger partial charge in [-0.1, -0.05) is 23.7 Å². The second kappa shape index (κ2) is 5.14. The van der Waals surface area contributed by atoms with E-state index in [1.807, 2.05) is 0 Å². The van der Waals surface area contributed by atoms with E-state index in [9.17, 15) is 13.6 Å². The number of sulfone groups is 1. The Kier molecular flexibility index (Phi) is 3.44. The average molecular weight is 323 g/mol. The molecule has 0 aliphatic carbocycles. The molecule has 0 bridgehead atoms. The van der Waals surface area contributed by atoms with Crippen LogP contribution < -0.4 is 10.6 Å². The lowest BCUT2D eigenvalue weighted by Gasteiger charge is -2.13. The van der Waals surface area contributed by atoms with Gasteiger partial charge in [-0.3, -0.25) is 10.2 Å². The number of nitrogens with zero attached hydrogens (tertiary/aromatic N) is 2. The van der Waals surface area contributed by atoms with Crippen LogP contribution in [0.15, 0.2) is 57.2 Å². The summed E-state index contributed by atoms with van der Waals surface area (Å²) >= 11 is 5.79. The van der Waals surface area contributed by atoms with E-state index in [2.05, 4.69) is 4.99 Å². The van der Waals surface area contributed by atoms with Crippen molar-refractivity contribution < 1.29 is 13.6 Å². The predicted octanol–water partition coefficient (Wildman–Crippen LogP) is 1.19. The summed E-state index contributed by atoms with van der Waals surface area (Å²) in [4.78, 5) is 4.39. The van der Waals surface area contributed by atoms with Crippen LogP contribution in [0.25, 0.3) is 6.20 Å². The van der Waals surface area contributed by atoms with Gasteiger partial charge < -0.3 is 0 Å². The van der Waals surface area contributed by atoms with E-state index in [-0.39, 0.29) is 16.5 Å². The maximum Gasteiger partial charge on any atom is 0.208 e. The lowest BCUT2D eigenvalue weighted by atomic mass is 10.3. The molecule has 21 heavy (non-hydrogen) atoms. The number of para-hydroxylation sites is 1. The molecule has 0 aromatic heterocycles. The number of rotatable bonds is 2. The van der Waals surface area contributed by atoms with Gasteiger partial charge in [0.2, 0.25) is 9.84 Å². The van der Waals surface area contributed by atoms with Crippen molar-refractivity contribution in [1.29, 1.82) is 0 Å². The first-order chi connectivity index (χ1) is 9.98. The van der Waals surface area contributed by atoms with Crippen molar-refractivity contribution in [2.75, 3.05) is 6.67 Å². The zero-order valence-corrected chi connectivity index (χ0v) is 12.3. The smallest absolute Gasteiger partial charge is 0.208 e. The molecule has 1 aliphatic heterocycles. The second-order valence-electron chi connectivity index (χ2n) is 4.52. The molecular formula is C14H11ClN2O3S. The summed E-state index contributed by atoms with van der Waals surface area (Å²) in [6, 6.07) is 10.8. The van der Waals surface area contributed by atoms with Crippen LogP contribution in [-0.2, 0) is 9.84 Å². The van der Waals surface area contributed by atoms with Gasteiger partial charge in [-0.05, 0) is 30.3 Å². The molecule has 1 aliphatic rings. The lowest BCUT2D eigenvalue weighted by molar-refractivity contribution is -0.0200. The van der Waals surface area contributed by atoms with Gasteiger partial charge in [0, 0.05) is 16.4 Å². The number of benzene rings is 2. The normalized spacial score (nSPS) is 14.1. The molecule has 0 unspecified atom stereocenters. The standard InChI is InChI=1S/C14H11ClN2O3S/c15-11-4-6-12(7-5-11)21(19,20)13-3-1-2-10-8-17(18)9-16-14(10)13/h1-8,18H,9H2. The first-order valence-corrected chi connectivity index (χ1v) is 7.96. The molecule has 5 nitrogen and oxygen atoms in total. The molecule has 2 aromatic carbocycles.